The number of rotatable bonds is 6. The maximum Gasteiger partial charge on any atom is 0.123 e. The fraction of sp³-hybridized carbons (Fsp3) is 0.667. The first-order valence-electron chi connectivity index (χ1n) is 8.37. The summed E-state index contributed by atoms with van der Waals surface area (Å²) in [5.74, 6) is 1.87. The average molecular weight is 290 g/mol. The van der Waals surface area contributed by atoms with Crippen LogP contribution in [0.3, 0.4) is 0 Å². The highest BCUT2D eigenvalue weighted by Gasteiger charge is 2.20. The van der Waals surface area contributed by atoms with Crippen LogP contribution in [0.25, 0.3) is 0 Å². The Hall–Kier alpha value is -1.06. The molecule has 0 spiro atoms. The zero-order valence-electron chi connectivity index (χ0n) is 13.8. The van der Waals surface area contributed by atoms with E-state index in [1.807, 2.05) is 13.8 Å². The third kappa shape index (κ3) is 4.45. The van der Waals surface area contributed by atoms with Gasteiger partial charge in [-0.15, -0.1) is 0 Å². The molecule has 2 atom stereocenters. The lowest BCUT2D eigenvalue weighted by Gasteiger charge is -2.32. The summed E-state index contributed by atoms with van der Waals surface area (Å²) in [6.07, 6.45) is 3.98. The quantitative estimate of drug-likeness (QED) is 0.867. The van der Waals surface area contributed by atoms with Gasteiger partial charge in [0.25, 0.3) is 0 Å². The molecular formula is C18H30N2O. The van der Waals surface area contributed by atoms with Crippen LogP contribution in [0.4, 0.5) is 0 Å². The molecule has 1 fully saturated rings. The molecule has 2 unspecified atom stereocenters. The van der Waals surface area contributed by atoms with Gasteiger partial charge in [0.1, 0.15) is 5.75 Å². The Morgan fingerprint density at radius 3 is 2.86 bits per heavy atom. The standard InChI is InChI=1S/C18H30N2O/c1-4-15-7-6-10-20(12-15)13-17-11-16(14(3)19)8-9-18(17)21-5-2/h8-9,11,14-15H,4-7,10,12-13,19H2,1-3H3. The first-order chi connectivity index (χ1) is 10.1. The third-order valence-corrected chi connectivity index (χ3v) is 4.48. The zero-order chi connectivity index (χ0) is 15.2. The zero-order valence-corrected chi connectivity index (χ0v) is 13.8. The predicted octanol–water partition coefficient (Wildman–Crippen LogP) is 3.73. The van der Waals surface area contributed by atoms with E-state index in [1.54, 1.807) is 0 Å². The summed E-state index contributed by atoms with van der Waals surface area (Å²) in [5.41, 5.74) is 8.50. The van der Waals surface area contributed by atoms with Crippen LogP contribution in [0, 0.1) is 5.92 Å². The SMILES string of the molecule is CCOc1ccc(C(C)N)cc1CN1CCCC(CC)C1. The topological polar surface area (TPSA) is 38.5 Å². The van der Waals surface area contributed by atoms with Crippen LogP contribution >= 0.6 is 0 Å². The van der Waals surface area contributed by atoms with Crippen molar-refractivity contribution >= 4 is 0 Å². The van der Waals surface area contributed by atoms with E-state index >= 15 is 0 Å². The highest BCUT2D eigenvalue weighted by molar-refractivity contribution is 5.38. The van der Waals surface area contributed by atoms with Gasteiger partial charge in [-0.25, -0.2) is 0 Å². The number of nitrogens with two attached hydrogens (primary N) is 1. The van der Waals surface area contributed by atoms with Crippen molar-refractivity contribution < 1.29 is 4.74 Å². The Labute approximate surface area is 129 Å². The van der Waals surface area contributed by atoms with Crippen molar-refractivity contribution in [3.8, 4) is 5.75 Å². The van der Waals surface area contributed by atoms with Crippen molar-refractivity contribution in [3.05, 3.63) is 29.3 Å². The summed E-state index contributed by atoms with van der Waals surface area (Å²) >= 11 is 0. The normalized spacial score (nSPS) is 21.2. The van der Waals surface area contributed by atoms with Crippen LogP contribution in [-0.4, -0.2) is 24.6 Å². The van der Waals surface area contributed by atoms with Crippen molar-refractivity contribution in [1.29, 1.82) is 0 Å². The molecule has 0 bridgehead atoms. The molecule has 21 heavy (non-hydrogen) atoms. The molecule has 0 aromatic heterocycles. The van der Waals surface area contributed by atoms with Crippen LogP contribution in [0.15, 0.2) is 18.2 Å². The summed E-state index contributed by atoms with van der Waals surface area (Å²) in [6.45, 7) is 10.5. The first-order valence-corrected chi connectivity index (χ1v) is 8.37. The molecule has 2 rings (SSSR count). The predicted molar refractivity (Wildman–Crippen MR) is 88.5 cm³/mol. The van der Waals surface area contributed by atoms with Crippen molar-refractivity contribution in [2.24, 2.45) is 11.7 Å². The number of hydrogen-bond donors (Lipinski definition) is 1. The monoisotopic (exact) mass is 290 g/mol. The smallest absolute Gasteiger partial charge is 0.123 e. The van der Waals surface area contributed by atoms with Crippen LogP contribution in [0.2, 0.25) is 0 Å². The fourth-order valence-electron chi connectivity index (χ4n) is 3.17. The number of likely N-dealkylation sites (tertiary alicyclic amines) is 1. The average Bonchev–Trinajstić information content (AvgIpc) is 2.49. The summed E-state index contributed by atoms with van der Waals surface area (Å²) in [7, 11) is 0. The summed E-state index contributed by atoms with van der Waals surface area (Å²) in [4.78, 5) is 2.57. The molecule has 1 saturated heterocycles. The van der Waals surface area contributed by atoms with Crippen LogP contribution in [-0.2, 0) is 6.54 Å². The Kier molecular flexibility index (Phi) is 6.07. The number of piperidine rings is 1. The molecule has 1 aliphatic heterocycles. The van der Waals surface area contributed by atoms with Gasteiger partial charge >= 0.3 is 0 Å². The van der Waals surface area contributed by atoms with Gasteiger partial charge in [-0.05, 0) is 56.8 Å². The van der Waals surface area contributed by atoms with Gasteiger partial charge in [-0.1, -0.05) is 19.4 Å². The molecule has 1 aliphatic rings. The Morgan fingerprint density at radius 2 is 2.19 bits per heavy atom. The van der Waals surface area contributed by atoms with Crippen molar-refractivity contribution in [3.63, 3.8) is 0 Å². The van der Waals surface area contributed by atoms with E-state index in [1.165, 1.54) is 43.5 Å². The Bertz CT molecular complexity index is 445. The van der Waals surface area contributed by atoms with Gasteiger partial charge in [0, 0.05) is 24.7 Å². The maximum absolute atomic E-state index is 6.03. The summed E-state index contributed by atoms with van der Waals surface area (Å²) < 4.78 is 5.80. The fourth-order valence-corrected chi connectivity index (χ4v) is 3.17. The van der Waals surface area contributed by atoms with Crippen molar-refractivity contribution in [1.82, 2.24) is 4.90 Å². The maximum atomic E-state index is 6.03. The molecule has 0 amide bonds. The van der Waals surface area contributed by atoms with Crippen molar-refractivity contribution in [2.75, 3.05) is 19.7 Å². The molecule has 118 valence electrons. The first kappa shape index (κ1) is 16.3. The lowest BCUT2D eigenvalue weighted by atomic mass is 9.95. The Balaban J connectivity index is 2.14. The number of nitrogens with zero attached hydrogens (tertiary/aromatic N) is 1. The molecular weight excluding hydrogens is 260 g/mol. The minimum atomic E-state index is 0.0733. The van der Waals surface area contributed by atoms with Gasteiger partial charge in [-0.2, -0.15) is 0 Å². The molecule has 1 aromatic carbocycles. The second-order valence-electron chi connectivity index (χ2n) is 6.24. The molecule has 3 heteroatoms. The largest absolute Gasteiger partial charge is 0.494 e. The van der Waals surface area contributed by atoms with Crippen molar-refractivity contribution in [2.45, 2.75) is 52.6 Å². The number of ether oxygens (including phenoxy) is 1. The minimum absolute atomic E-state index is 0.0733. The van der Waals surface area contributed by atoms with Gasteiger partial charge < -0.3 is 10.5 Å². The van der Waals surface area contributed by atoms with Gasteiger partial charge in [0.15, 0.2) is 0 Å². The number of hydrogen-bond acceptors (Lipinski definition) is 3. The third-order valence-electron chi connectivity index (χ3n) is 4.48. The second-order valence-corrected chi connectivity index (χ2v) is 6.24. The lowest BCUT2D eigenvalue weighted by Crippen LogP contribution is -2.34. The van der Waals surface area contributed by atoms with Gasteiger partial charge in [-0.3, -0.25) is 4.90 Å². The molecule has 1 aromatic rings. The Morgan fingerprint density at radius 1 is 1.38 bits per heavy atom. The highest BCUT2D eigenvalue weighted by Crippen LogP contribution is 2.27. The molecule has 3 nitrogen and oxygen atoms in total. The van der Waals surface area contributed by atoms with Crippen LogP contribution in [0.1, 0.15) is 57.2 Å². The van der Waals surface area contributed by atoms with E-state index in [9.17, 15) is 0 Å². The molecule has 1 heterocycles. The summed E-state index contributed by atoms with van der Waals surface area (Å²) in [5, 5.41) is 0. The second kappa shape index (κ2) is 7.81. The van der Waals surface area contributed by atoms with Crippen LogP contribution in [0.5, 0.6) is 5.75 Å². The lowest BCUT2D eigenvalue weighted by molar-refractivity contribution is 0.162. The molecule has 0 saturated carbocycles. The van der Waals surface area contributed by atoms with E-state index in [4.69, 9.17) is 10.5 Å². The van der Waals surface area contributed by atoms with Crippen LogP contribution < -0.4 is 10.5 Å². The van der Waals surface area contributed by atoms with E-state index in [0.29, 0.717) is 6.61 Å². The molecule has 0 aliphatic carbocycles. The number of benzene rings is 1. The van der Waals surface area contributed by atoms with E-state index in [2.05, 4.69) is 30.0 Å². The van der Waals surface area contributed by atoms with Gasteiger partial charge in [0.2, 0.25) is 0 Å². The molecule has 2 N–H and O–H groups in total. The molecule has 0 radical (unpaired) electrons. The summed E-state index contributed by atoms with van der Waals surface area (Å²) in [6, 6.07) is 6.47. The minimum Gasteiger partial charge on any atom is -0.494 e. The highest BCUT2D eigenvalue weighted by atomic mass is 16.5. The van der Waals surface area contributed by atoms with E-state index in [0.717, 1.165) is 18.2 Å². The van der Waals surface area contributed by atoms with Gasteiger partial charge in [0.05, 0.1) is 6.61 Å². The van der Waals surface area contributed by atoms with E-state index in [-0.39, 0.29) is 6.04 Å². The van der Waals surface area contributed by atoms with E-state index < -0.39 is 0 Å².